The minimum atomic E-state index is -3.71. The van der Waals surface area contributed by atoms with Crippen molar-refractivity contribution in [1.29, 1.82) is 0 Å². The van der Waals surface area contributed by atoms with Gasteiger partial charge in [0.05, 0.1) is 25.0 Å². The SMILES string of the molecule is COc1ccc(S(=O)(=O)N2CCC(C(=O)O[C@H](C)c3ccccc3Cl)CC2)cc1OC. The first-order valence-corrected chi connectivity index (χ1v) is 11.8. The van der Waals surface area contributed by atoms with Crippen molar-refractivity contribution in [3.05, 3.63) is 53.1 Å². The van der Waals surface area contributed by atoms with Gasteiger partial charge in [-0.2, -0.15) is 4.31 Å². The summed E-state index contributed by atoms with van der Waals surface area (Å²) in [5, 5.41) is 0.540. The number of carbonyl (C=O) groups excluding carboxylic acids is 1. The quantitative estimate of drug-likeness (QED) is 0.571. The van der Waals surface area contributed by atoms with Crippen LogP contribution in [0.5, 0.6) is 11.5 Å². The van der Waals surface area contributed by atoms with Crippen LogP contribution in [0, 0.1) is 5.92 Å². The van der Waals surface area contributed by atoms with Gasteiger partial charge in [0, 0.05) is 29.7 Å². The highest BCUT2D eigenvalue weighted by molar-refractivity contribution is 7.89. The fraction of sp³-hybridized carbons (Fsp3) is 0.409. The lowest BCUT2D eigenvalue weighted by molar-refractivity contribution is -0.154. The number of hydrogen-bond acceptors (Lipinski definition) is 6. The molecule has 1 aliphatic rings. The van der Waals surface area contributed by atoms with E-state index in [9.17, 15) is 13.2 Å². The van der Waals surface area contributed by atoms with Gasteiger partial charge in [-0.05, 0) is 38.0 Å². The van der Waals surface area contributed by atoms with E-state index in [-0.39, 0.29) is 29.9 Å². The van der Waals surface area contributed by atoms with Gasteiger partial charge in [-0.1, -0.05) is 29.8 Å². The average molecular weight is 468 g/mol. The van der Waals surface area contributed by atoms with Crippen molar-refractivity contribution in [2.24, 2.45) is 5.92 Å². The lowest BCUT2D eigenvalue weighted by atomic mass is 9.98. The standard InChI is InChI=1S/C22H26ClNO6S/c1-15(18-6-4-5-7-19(18)23)30-22(25)16-10-12-24(13-11-16)31(26,27)17-8-9-20(28-2)21(14-17)29-3/h4-9,14-16H,10-13H2,1-3H3/t15-/m1/s1. The summed E-state index contributed by atoms with van der Waals surface area (Å²) in [6.07, 6.45) is 0.302. The van der Waals surface area contributed by atoms with Gasteiger partial charge in [0.2, 0.25) is 10.0 Å². The number of benzene rings is 2. The highest BCUT2D eigenvalue weighted by Gasteiger charge is 2.34. The molecular weight excluding hydrogens is 442 g/mol. The molecular formula is C22H26ClNO6S. The van der Waals surface area contributed by atoms with Crippen molar-refractivity contribution in [2.45, 2.75) is 30.8 Å². The zero-order chi connectivity index (χ0) is 22.6. The molecule has 1 atom stereocenters. The smallest absolute Gasteiger partial charge is 0.309 e. The Bertz CT molecular complexity index is 1030. The van der Waals surface area contributed by atoms with Gasteiger partial charge in [-0.3, -0.25) is 4.79 Å². The first kappa shape index (κ1) is 23.4. The number of sulfonamides is 1. The van der Waals surface area contributed by atoms with Gasteiger partial charge < -0.3 is 14.2 Å². The molecule has 1 heterocycles. The predicted molar refractivity (Wildman–Crippen MR) is 117 cm³/mol. The van der Waals surface area contributed by atoms with Gasteiger partial charge in [0.25, 0.3) is 0 Å². The van der Waals surface area contributed by atoms with Crippen LogP contribution < -0.4 is 9.47 Å². The molecule has 7 nitrogen and oxygen atoms in total. The molecule has 0 aliphatic carbocycles. The van der Waals surface area contributed by atoms with Crippen molar-refractivity contribution in [1.82, 2.24) is 4.31 Å². The maximum Gasteiger partial charge on any atom is 0.309 e. The van der Waals surface area contributed by atoms with E-state index >= 15 is 0 Å². The van der Waals surface area contributed by atoms with Crippen LogP contribution in [0.1, 0.15) is 31.4 Å². The van der Waals surface area contributed by atoms with Gasteiger partial charge in [0.15, 0.2) is 11.5 Å². The molecule has 1 saturated heterocycles. The lowest BCUT2D eigenvalue weighted by Crippen LogP contribution is -2.40. The molecule has 0 N–H and O–H groups in total. The number of nitrogens with zero attached hydrogens (tertiary/aromatic N) is 1. The number of piperidine rings is 1. The van der Waals surface area contributed by atoms with Gasteiger partial charge >= 0.3 is 5.97 Å². The minimum Gasteiger partial charge on any atom is -0.493 e. The normalized spacial score (nSPS) is 16.5. The van der Waals surface area contributed by atoms with E-state index in [0.717, 1.165) is 5.56 Å². The molecule has 0 spiro atoms. The Hall–Kier alpha value is -2.29. The van der Waals surface area contributed by atoms with Crippen LogP contribution in [0.2, 0.25) is 5.02 Å². The summed E-state index contributed by atoms with van der Waals surface area (Å²) in [6, 6.07) is 11.7. The highest BCUT2D eigenvalue weighted by Crippen LogP contribution is 2.33. The van der Waals surface area contributed by atoms with Crippen LogP contribution in [0.3, 0.4) is 0 Å². The maximum atomic E-state index is 13.0. The molecule has 0 bridgehead atoms. The van der Waals surface area contributed by atoms with Crippen molar-refractivity contribution in [3.8, 4) is 11.5 Å². The largest absolute Gasteiger partial charge is 0.493 e. The Morgan fingerprint density at radius 2 is 1.71 bits per heavy atom. The van der Waals surface area contributed by atoms with E-state index < -0.39 is 16.1 Å². The van der Waals surface area contributed by atoms with Crippen LogP contribution in [0.25, 0.3) is 0 Å². The van der Waals surface area contributed by atoms with E-state index in [4.69, 9.17) is 25.8 Å². The third-order valence-electron chi connectivity index (χ3n) is 5.42. The van der Waals surface area contributed by atoms with E-state index in [1.165, 1.54) is 30.7 Å². The molecule has 1 aliphatic heterocycles. The van der Waals surface area contributed by atoms with Gasteiger partial charge in [0.1, 0.15) is 6.10 Å². The summed E-state index contributed by atoms with van der Waals surface area (Å²) in [7, 11) is -0.770. The Morgan fingerprint density at radius 1 is 1.06 bits per heavy atom. The van der Waals surface area contributed by atoms with Crippen molar-refractivity contribution >= 4 is 27.6 Å². The van der Waals surface area contributed by atoms with Crippen molar-refractivity contribution in [2.75, 3.05) is 27.3 Å². The third-order valence-corrected chi connectivity index (χ3v) is 7.66. The van der Waals surface area contributed by atoms with Crippen LogP contribution in [-0.4, -0.2) is 46.0 Å². The van der Waals surface area contributed by atoms with E-state index in [1.54, 1.807) is 19.1 Å². The number of rotatable bonds is 7. The second kappa shape index (κ2) is 9.89. The van der Waals surface area contributed by atoms with Crippen molar-refractivity contribution < 1.29 is 27.4 Å². The Labute approximate surface area is 187 Å². The first-order chi connectivity index (χ1) is 14.8. The zero-order valence-corrected chi connectivity index (χ0v) is 19.3. The van der Waals surface area contributed by atoms with E-state index in [0.29, 0.717) is 29.4 Å². The van der Waals surface area contributed by atoms with Crippen LogP contribution in [0.4, 0.5) is 0 Å². The molecule has 9 heteroatoms. The predicted octanol–water partition coefficient (Wildman–Crippen LogP) is 4.06. The molecule has 1 fully saturated rings. The lowest BCUT2D eigenvalue weighted by Gasteiger charge is -2.31. The number of carbonyl (C=O) groups is 1. The third kappa shape index (κ3) is 5.14. The van der Waals surface area contributed by atoms with Crippen LogP contribution in [0.15, 0.2) is 47.4 Å². The highest BCUT2D eigenvalue weighted by atomic mass is 35.5. The van der Waals surface area contributed by atoms with Crippen LogP contribution >= 0.6 is 11.6 Å². The molecule has 3 rings (SSSR count). The maximum absolute atomic E-state index is 13.0. The fourth-order valence-corrected chi connectivity index (χ4v) is 5.37. The monoisotopic (exact) mass is 467 g/mol. The van der Waals surface area contributed by atoms with Crippen molar-refractivity contribution in [3.63, 3.8) is 0 Å². The molecule has 0 unspecified atom stereocenters. The fourth-order valence-electron chi connectivity index (χ4n) is 3.60. The molecule has 168 valence electrons. The average Bonchev–Trinajstić information content (AvgIpc) is 2.78. The van der Waals surface area contributed by atoms with E-state index in [1.807, 2.05) is 18.2 Å². The molecule has 0 saturated carbocycles. The topological polar surface area (TPSA) is 82.1 Å². The molecule has 2 aromatic carbocycles. The van der Waals surface area contributed by atoms with E-state index in [2.05, 4.69) is 0 Å². The summed E-state index contributed by atoms with van der Waals surface area (Å²) < 4.78 is 43.4. The second-order valence-corrected chi connectivity index (χ2v) is 9.64. The Balaban J connectivity index is 1.63. The number of hydrogen-bond donors (Lipinski definition) is 0. The Kier molecular flexibility index (Phi) is 7.46. The minimum absolute atomic E-state index is 0.124. The molecule has 2 aromatic rings. The Morgan fingerprint density at radius 3 is 2.32 bits per heavy atom. The summed E-state index contributed by atoms with van der Waals surface area (Å²) >= 11 is 6.18. The van der Waals surface area contributed by atoms with Crippen LogP contribution in [-0.2, 0) is 19.6 Å². The molecule has 0 amide bonds. The summed E-state index contributed by atoms with van der Waals surface area (Å²) in [5.74, 6) is 0.100. The molecule has 31 heavy (non-hydrogen) atoms. The number of methoxy groups -OCH3 is 2. The number of esters is 1. The number of ether oxygens (including phenoxy) is 3. The zero-order valence-electron chi connectivity index (χ0n) is 17.7. The summed E-state index contributed by atoms with van der Waals surface area (Å²) in [6.45, 7) is 2.24. The second-order valence-electron chi connectivity index (χ2n) is 7.30. The first-order valence-electron chi connectivity index (χ1n) is 9.95. The molecule has 0 aromatic heterocycles. The number of halogens is 1. The van der Waals surface area contributed by atoms with Gasteiger partial charge in [-0.25, -0.2) is 8.42 Å². The summed E-state index contributed by atoms with van der Waals surface area (Å²) in [5.41, 5.74) is 0.742. The van der Waals surface area contributed by atoms with Gasteiger partial charge in [-0.15, -0.1) is 0 Å². The summed E-state index contributed by atoms with van der Waals surface area (Å²) in [4.78, 5) is 12.7. The molecule has 0 radical (unpaired) electrons.